The number of nitrogens with zero attached hydrogens (tertiary/aromatic N) is 2. The molecule has 4 nitrogen and oxygen atoms in total. The van der Waals surface area contributed by atoms with Crippen LogP contribution in [0.3, 0.4) is 0 Å². The van der Waals surface area contributed by atoms with Gasteiger partial charge in [-0.1, -0.05) is 24.6 Å². The topological polar surface area (TPSA) is 53.1 Å². The van der Waals surface area contributed by atoms with Crippen molar-refractivity contribution < 1.29 is 4.74 Å². The van der Waals surface area contributed by atoms with E-state index in [-0.39, 0.29) is 0 Å². The van der Waals surface area contributed by atoms with Crippen LogP contribution >= 0.6 is 0 Å². The normalized spacial score (nSPS) is 10.7. The van der Waals surface area contributed by atoms with Crippen LogP contribution in [-0.2, 0) is 13.0 Å². The fourth-order valence-corrected chi connectivity index (χ4v) is 2.03. The third kappa shape index (κ3) is 3.58. The maximum Gasteiger partial charge on any atom is 0.165 e. The maximum absolute atomic E-state index is 5.91. The first-order valence-corrected chi connectivity index (χ1v) is 6.73. The zero-order valence-electron chi connectivity index (χ0n) is 11.6. The van der Waals surface area contributed by atoms with Crippen molar-refractivity contribution in [2.75, 3.05) is 6.54 Å². The molecule has 0 unspecified atom stereocenters. The van der Waals surface area contributed by atoms with Gasteiger partial charge in [-0.3, -0.25) is 4.68 Å². The molecule has 102 valence electrons. The molecule has 1 aromatic heterocycles. The Kier molecular flexibility index (Phi) is 4.58. The van der Waals surface area contributed by atoms with Gasteiger partial charge >= 0.3 is 0 Å². The highest BCUT2D eigenvalue weighted by Gasteiger charge is 2.06. The summed E-state index contributed by atoms with van der Waals surface area (Å²) in [6.45, 7) is 5.73. The number of rotatable bonds is 6. The van der Waals surface area contributed by atoms with E-state index in [2.05, 4.69) is 25.0 Å². The molecule has 19 heavy (non-hydrogen) atoms. The molecule has 1 aromatic carbocycles. The highest BCUT2D eigenvalue weighted by atomic mass is 16.5. The summed E-state index contributed by atoms with van der Waals surface area (Å²) < 4.78 is 7.80. The third-order valence-electron chi connectivity index (χ3n) is 2.92. The van der Waals surface area contributed by atoms with Crippen LogP contribution in [0.15, 0.2) is 30.6 Å². The Labute approximate surface area is 114 Å². The number of aryl methyl sites for hydroxylation is 2. The Morgan fingerprint density at radius 1 is 1.37 bits per heavy atom. The van der Waals surface area contributed by atoms with Crippen LogP contribution in [0.1, 0.15) is 24.5 Å². The first-order chi connectivity index (χ1) is 9.22. The molecular weight excluding hydrogens is 238 g/mol. The van der Waals surface area contributed by atoms with Gasteiger partial charge in [0.15, 0.2) is 5.75 Å². The van der Waals surface area contributed by atoms with Crippen molar-refractivity contribution in [2.24, 2.45) is 5.73 Å². The fraction of sp³-hybridized carbons (Fsp3) is 0.400. The highest BCUT2D eigenvalue weighted by molar-refractivity contribution is 5.39. The summed E-state index contributed by atoms with van der Waals surface area (Å²) in [5.74, 6) is 1.64. The summed E-state index contributed by atoms with van der Waals surface area (Å²) in [4.78, 5) is 0. The molecule has 0 atom stereocenters. The van der Waals surface area contributed by atoms with Crippen LogP contribution < -0.4 is 10.5 Å². The SMILES string of the molecule is CCCn1cc(Oc2ccc(C)cc2CCN)cn1. The van der Waals surface area contributed by atoms with E-state index in [1.807, 2.05) is 23.0 Å². The van der Waals surface area contributed by atoms with Crippen LogP contribution in [-0.4, -0.2) is 16.3 Å². The van der Waals surface area contributed by atoms with Gasteiger partial charge in [-0.15, -0.1) is 0 Å². The lowest BCUT2D eigenvalue weighted by atomic mass is 10.1. The van der Waals surface area contributed by atoms with Crippen LogP contribution in [0.5, 0.6) is 11.5 Å². The second-order valence-corrected chi connectivity index (χ2v) is 4.69. The van der Waals surface area contributed by atoms with Gasteiger partial charge in [0.05, 0.1) is 12.4 Å². The number of nitrogens with two attached hydrogens (primary N) is 1. The summed E-state index contributed by atoms with van der Waals surface area (Å²) in [6, 6.07) is 6.17. The monoisotopic (exact) mass is 259 g/mol. The van der Waals surface area contributed by atoms with Gasteiger partial charge in [-0.2, -0.15) is 5.10 Å². The number of aromatic nitrogens is 2. The molecule has 0 fully saturated rings. The van der Waals surface area contributed by atoms with Gasteiger partial charge in [-0.05, 0) is 37.9 Å². The van der Waals surface area contributed by atoms with Gasteiger partial charge in [0, 0.05) is 6.54 Å². The molecule has 0 aliphatic heterocycles. The summed E-state index contributed by atoms with van der Waals surface area (Å²) >= 11 is 0. The molecule has 4 heteroatoms. The Bertz CT molecular complexity index is 534. The first-order valence-electron chi connectivity index (χ1n) is 6.73. The van der Waals surface area contributed by atoms with Gasteiger partial charge in [0.25, 0.3) is 0 Å². The van der Waals surface area contributed by atoms with E-state index in [0.717, 1.165) is 36.4 Å². The van der Waals surface area contributed by atoms with E-state index in [9.17, 15) is 0 Å². The molecule has 0 aliphatic carbocycles. The summed E-state index contributed by atoms with van der Waals surface area (Å²) in [5, 5.41) is 4.26. The molecule has 0 amide bonds. The van der Waals surface area contributed by atoms with E-state index in [1.165, 1.54) is 5.56 Å². The van der Waals surface area contributed by atoms with E-state index in [1.54, 1.807) is 6.20 Å². The summed E-state index contributed by atoms with van der Waals surface area (Å²) in [5.41, 5.74) is 8.01. The second kappa shape index (κ2) is 6.38. The Hall–Kier alpha value is -1.81. The van der Waals surface area contributed by atoms with Gasteiger partial charge in [-0.25, -0.2) is 0 Å². The molecule has 0 radical (unpaired) electrons. The molecule has 0 aliphatic rings. The van der Waals surface area contributed by atoms with Crippen molar-refractivity contribution >= 4 is 0 Å². The lowest BCUT2D eigenvalue weighted by Crippen LogP contribution is -2.04. The predicted molar refractivity (Wildman–Crippen MR) is 76.5 cm³/mol. The van der Waals surface area contributed by atoms with E-state index in [0.29, 0.717) is 6.54 Å². The van der Waals surface area contributed by atoms with Gasteiger partial charge < -0.3 is 10.5 Å². The minimum Gasteiger partial charge on any atom is -0.454 e. The fourth-order valence-electron chi connectivity index (χ4n) is 2.03. The lowest BCUT2D eigenvalue weighted by Gasteiger charge is -2.10. The van der Waals surface area contributed by atoms with Gasteiger partial charge in [0.1, 0.15) is 5.75 Å². The van der Waals surface area contributed by atoms with Crippen LogP contribution in [0, 0.1) is 6.92 Å². The van der Waals surface area contributed by atoms with Gasteiger partial charge in [0.2, 0.25) is 0 Å². The Morgan fingerprint density at radius 3 is 2.95 bits per heavy atom. The lowest BCUT2D eigenvalue weighted by molar-refractivity contribution is 0.474. The van der Waals surface area contributed by atoms with E-state index >= 15 is 0 Å². The minimum atomic E-state index is 0.620. The van der Waals surface area contributed by atoms with Crippen LogP contribution in [0.4, 0.5) is 0 Å². The first kappa shape index (κ1) is 13.6. The molecule has 2 aromatic rings. The summed E-state index contributed by atoms with van der Waals surface area (Å²) in [6.07, 6.45) is 5.56. The minimum absolute atomic E-state index is 0.620. The van der Waals surface area contributed by atoms with Crippen molar-refractivity contribution in [1.82, 2.24) is 9.78 Å². The number of ether oxygens (including phenoxy) is 1. The highest BCUT2D eigenvalue weighted by Crippen LogP contribution is 2.26. The van der Waals surface area contributed by atoms with E-state index in [4.69, 9.17) is 10.5 Å². The van der Waals surface area contributed by atoms with E-state index < -0.39 is 0 Å². The molecule has 0 saturated carbocycles. The second-order valence-electron chi connectivity index (χ2n) is 4.69. The standard InChI is InChI=1S/C15H21N3O/c1-3-8-18-11-14(10-17-18)19-15-5-4-12(2)9-13(15)6-7-16/h4-5,9-11H,3,6-8,16H2,1-2H3. The smallest absolute Gasteiger partial charge is 0.165 e. The van der Waals surface area contributed by atoms with Crippen LogP contribution in [0.2, 0.25) is 0 Å². The Balaban J connectivity index is 2.16. The summed E-state index contributed by atoms with van der Waals surface area (Å²) in [7, 11) is 0. The quantitative estimate of drug-likeness (QED) is 0.867. The molecule has 1 heterocycles. The van der Waals surface area contributed by atoms with Crippen LogP contribution in [0.25, 0.3) is 0 Å². The predicted octanol–water partition coefficient (Wildman–Crippen LogP) is 2.90. The molecule has 0 spiro atoms. The molecular formula is C15H21N3O. The zero-order valence-corrected chi connectivity index (χ0v) is 11.6. The average Bonchev–Trinajstić information content (AvgIpc) is 2.81. The largest absolute Gasteiger partial charge is 0.454 e. The van der Waals surface area contributed by atoms with Crippen molar-refractivity contribution in [1.29, 1.82) is 0 Å². The third-order valence-corrected chi connectivity index (χ3v) is 2.92. The number of hydrogen-bond donors (Lipinski definition) is 1. The van der Waals surface area contributed by atoms with Crippen molar-refractivity contribution in [2.45, 2.75) is 33.2 Å². The number of benzene rings is 1. The van der Waals surface area contributed by atoms with Crippen molar-refractivity contribution in [3.05, 3.63) is 41.7 Å². The molecule has 0 saturated heterocycles. The maximum atomic E-state index is 5.91. The molecule has 0 bridgehead atoms. The zero-order chi connectivity index (χ0) is 13.7. The van der Waals surface area contributed by atoms with Crippen molar-refractivity contribution in [3.8, 4) is 11.5 Å². The Morgan fingerprint density at radius 2 is 2.21 bits per heavy atom. The molecule has 2 N–H and O–H groups in total. The molecule has 2 rings (SSSR count). The van der Waals surface area contributed by atoms with Crippen molar-refractivity contribution in [3.63, 3.8) is 0 Å². The number of hydrogen-bond acceptors (Lipinski definition) is 3. The average molecular weight is 259 g/mol.